The summed E-state index contributed by atoms with van der Waals surface area (Å²) >= 11 is 0. The van der Waals surface area contributed by atoms with Crippen LogP contribution in [0.4, 0.5) is 0 Å². The second-order valence-electron chi connectivity index (χ2n) is 8.24. The van der Waals surface area contributed by atoms with E-state index in [0.29, 0.717) is 6.04 Å². The van der Waals surface area contributed by atoms with Crippen molar-refractivity contribution in [3.8, 4) is 11.1 Å². The Morgan fingerprint density at radius 3 is 2.21 bits per heavy atom. The summed E-state index contributed by atoms with van der Waals surface area (Å²) in [7, 11) is 0. The molecule has 0 spiro atoms. The number of carbonyl (C=O) groups is 1. The summed E-state index contributed by atoms with van der Waals surface area (Å²) in [6.45, 7) is 6.56. The van der Waals surface area contributed by atoms with Gasteiger partial charge in [0, 0.05) is 38.0 Å². The van der Waals surface area contributed by atoms with Crippen molar-refractivity contribution in [1.29, 1.82) is 0 Å². The summed E-state index contributed by atoms with van der Waals surface area (Å²) in [4.78, 5) is 16.4. The van der Waals surface area contributed by atoms with Crippen LogP contribution in [0.2, 0.25) is 0 Å². The van der Waals surface area contributed by atoms with Crippen LogP contribution in [0.5, 0.6) is 0 Å². The minimum Gasteiger partial charge on any atom is -0.395 e. The molecule has 28 heavy (non-hydrogen) atoms. The minimum absolute atomic E-state index is 0.155. The zero-order valence-corrected chi connectivity index (χ0v) is 16.8. The van der Waals surface area contributed by atoms with Crippen molar-refractivity contribution in [1.82, 2.24) is 9.80 Å². The number of fused-ring (bicyclic) bond motifs is 1. The predicted molar refractivity (Wildman–Crippen MR) is 112 cm³/mol. The molecule has 3 atom stereocenters. The van der Waals surface area contributed by atoms with E-state index in [1.54, 1.807) is 6.92 Å². The zero-order chi connectivity index (χ0) is 19.7. The normalized spacial score (nSPS) is 25.4. The number of aliphatic hydroxyl groups excluding tert-OH is 1. The van der Waals surface area contributed by atoms with E-state index in [1.165, 1.54) is 22.3 Å². The van der Waals surface area contributed by atoms with Gasteiger partial charge in [0.2, 0.25) is 5.91 Å². The first kappa shape index (κ1) is 19.2. The van der Waals surface area contributed by atoms with Gasteiger partial charge in [0.15, 0.2) is 0 Å². The Bertz CT molecular complexity index is 816. The molecule has 0 aromatic heterocycles. The second kappa shape index (κ2) is 8.06. The average molecular weight is 379 g/mol. The SMILES string of the molecule is CC(=O)N1CCCCN2[C@H](CO)[C@@H](c3ccc(-c4ccc(C)cc4)cc3)[C@@H]2C1. The van der Waals surface area contributed by atoms with Crippen molar-refractivity contribution in [2.75, 3.05) is 26.2 Å². The van der Waals surface area contributed by atoms with Crippen LogP contribution in [-0.4, -0.2) is 59.1 Å². The molecular formula is C24H30N2O2. The number of amides is 1. The summed E-state index contributed by atoms with van der Waals surface area (Å²) in [5, 5.41) is 10.0. The fourth-order valence-corrected chi connectivity index (χ4v) is 4.87. The highest BCUT2D eigenvalue weighted by molar-refractivity contribution is 5.73. The van der Waals surface area contributed by atoms with E-state index in [9.17, 15) is 9.90 Å². The van der Waals surface area contributed by atoms with E-state index >= 15 is 0 Å². The van der Waals surface area contributed by atoms with Crippen molar-refractivity contribution in [3.05, 3.63) is 59.7 Å². The molecule has 2 heterocycles. The van der Waals surface area contributed by atoms with Crippen molar-refractivity contribution in [3.63, 3.8) is 0 Å². The molecule has 0 bridgehead atoms. The van der Waals surface area contributed by atoms with Crippen molar-refractivity contribution < 1.29 is 9.90 Å². The minimum atomic E-state index is 0.155. The van der Waals surface area contributed by atoms with Gasteiger partial charge in [-0.2, -0.15) is 0 Å². The number of carbonyl (C=O) groups excluding carboxylic acids is 1. The van der Waals surface area contributed by atoms with Crippen LogP contribution in [0.25, 0.3) is 11.1 Å². The summed E-state index contributed by atoms with van der Waals surface area (Å²) in [5.74, 6) is 0.430. The van der Waals surface area contributed by atoms with Gasteiger partial charge in [-0.05, 0) is 43.0 Å². The summed E-state index contributed by atoms with van der Waals surface area (Å²) in [5.41, 5.74) is 4.96. The van der Waals surface area contributed by atoms with Gasteiger partial charge in [0.1, 0.15) is 0 Å². The summed E-state index contributed by atoms with van der Waals surface area (Å²) in [6, 6.07) is 17.8. The van der Waals surface area contributed by atoms with Gasteiger partial charge in [-0.3, -0.25) is 9.69 Å². The molecule has 2 saturated heterocycles. The number of aliphatic hydroxyl groups is 1. The van der Waals surface area contributed by atoms with Crippen LogP contribution >= 0.6 is 0 Å². The Morgan fingerprint density at radius 2 is 1.61 bits per heavy atom. The Morgan fingerprint density at radius 1 is 1.00 bits per heavy atom. The first-order chi connectivity index (χ1) is 13.6. The molecule has 1 N–H and O–H groups in total. The number of hydrogen-bond acceptors (Lipinski definition) is 3. The van der Waals surface area contributed by atoms with Gasteiger partial charge in [-0.25, -0.2) is 0 Å². The van der Waals surface area contributed by atoms with Crippen molar-refractivity contribution in [2.24, 2.45) is 0 Å². The lowest BCUT2D eigenvalue weighted by Gasteiger charge is -2.57. The zero-order valence-electron chi connectivity index (χ0n) is 16.8. The molecule has 148 valence electrons. The molecule has 2 aliphatic heterocycles. The maximum absolute atomic E-state index is 12.0. The average Bonchev–Trinajstić information content (AvgIpc) is 2.67. The number of benzene rings is 2. The first-order valence-corrected chi connectivity index (χ1v) is 10.4. The van der Waals surface area contributed by atoms with Crippen LogP contribution < -0.4 is 0 Å². The Kier molecular flexibility index (Phi) is 5.51. The predicted octanol–water partition coefficient (Wildman–Crippen LogP) is 3.43. The van der Waals surface area contributed by atoms with Crippen LogP contribution in [-0.2, 0) is 4.79 Å². The summed E-state index contributed by atoms with van der Waals surface area (Å²) < 4.78 is 0. The highest BCUT2D eigenvalue weighted by Gasteiger charge is 2.49. The lowest BCUT2D eigenvalue weighted by Crippen LogP contribution is -2.67. The molecule has 2 fully saturated rings. The monoisotopic (exact) mass is 378 g/mol. The Balaban J connectivity index is 1.57. The maximum atomic E-state index is 12.0. The highest BCUT2D eigenvalue weighted by atomic mass is 16.3. The smallest absolute Gasteiger partial charge is 0.219 e. The van der Waals surface area contributed by atoms with Crippen LogP contribution in [0.1, 0.15) is 36.8 Å². The standard InChI is InChI=1S/C24H30N2O2/c1-17-5-7-19(8-6-17)20-9-11-21(12-10-20)24-22-15-25(18(2)28)13-3-4-14-26(22)23(24)16-27/h5-12,22-24,27H,3-4,13-16H2,1-2H3/t22-,23+,24-/m0/s1. The van der Waals surface area contributed by atoms with E-state index in [2.05, 4.69) is 60.4 Å². The molecule has 1 amide bonds. The van der Waals surface area contributed by atoms with Gasteiger partial charge in [0.25, 0.3) is 0 Å². The number of rotatable bonds is 3. The maximum Gasteiger partial charge on any atom is 0.219 e. The van der Waals surface area contributed by atoms with Crippen LogP contribution in [0.3, 0.4) is 0 Å². The van der Waals surface area contributed by atoms with Gasteiger partial charge in [-0.1, -0.05) is 54.1 Å². The largest absolute Gasteiger partial charge is 0.395 e. The Hall–Kier alpha value is -2.17. The molecule has 2 aliphatic rings. The molecule has 2 aromatic rings. The molecule has 0 saturated carbocycles. The molecule has 0 unspecified atom stereocenters. The molecule has 4 rings (SSSR count). The fraction of sp³-hybridized carbons (Fsp3) is 0.458. The van der Waals surface area contributed by atoms with Gasteiger partial charge < -0.3 is 10.0 Å². The summed E-state index contributed by atoms with van der Waals surface area (Å²) in [6.07, 6.45) is 2.12. The molecule has 0 radical (unpaired) electrons. The Labute approximate surface area is 167 Å². The third kappa shape index (κ3) is 3.59. The van der Waals surface area contributed by atoms with E-state index in [1.807, 2.05) is 4.90 Å². The van der Waals surface area contributed by atoms with Crippen molar-refractivity contribution in [2.45, 2.75) is 44.7 Å². The second-order valence-corrected chi connectivity index (χ2v) is 8.24. The van der Waals surface area contributed by atoms with E-state index in [-0.39, 0.29) is 24.5 Å². The number of aryl methyl sites for hydroxylation is 1. The van der Waals surface area contributed by atoms with Gasteiger partial charge in [-0.15, -0.1) is 0 Å². The van der Waals surface area contributed by atoms with Crippen LogP contribution in [0.15, 0.2) is 48.5 Å². The van der Waals surface area contributed by atoms with E-state index < -0.39 is 0 Å². The van der Waals surface area contributed by atoms with Crippen molar-refractivity contribution >= 4 is 5.91 Å². The van der Waals surface area contributed by atoms with Gasteiger partial charge >= 0.3 is 0 Å². The molecule has 2 aromatic carbocycles. The topological polar surface area (TPSA) is 43.8 Å². The molecule has 0 aliphatic carbocycles. The highest BCUT2D eigenvalue weighted by Crippen LogP contribution is 2.42. The third-order valence-electron chi connectivity index (χ3n) is 6.50. The number of nitrogens with zero attached hydrogens (tertiary/aromatic N) is 2. The number of hydrogen-bond donors (Lipinski definition) is 1. The van der Waals surface area contributed by atoms with Crippen LogP contribution in [0, 0.1) is 6.92 Å². The van der Waals surface area contributed by atoms with Gasteiger partial charge in [0.05, 0.1) is 6.61 Å². The fourth-order valence-electron chi connectivity index (χ4n) is 4.87. The lowest BCUT2D eigenvalue weighted by molar-refractivity contribution is -0.134. The first-order valence-electron chi connectivity index (χ1n) is 10.4. The molecule has 4 heteroatoms. The van der Waals surface area contributed by atoms with E-state index in [0.717, 1.165) is 32.5 Å². The third-order valence-corrected chi connectivity index (χ3v) is 6.50. The molecular weight excluding hydrogens is 348 g/mol. The molecule has 4 nitrogen and oxygen atoms in total. The lowest BCUT2D eigenvalue weighted by atomic mass is 9.74. The van der Waals surface area contributed by atoms with E-state index in [4.69, 9.17) is 0 Å². The quantitative estimate of drug-likeness (QED) is 0.890.